The number of amides is 3. The standard InChI is InChI=1S/C22H23Cl2N3O4/c1-25-20(28)13-31-17-6-2-5-16(11-17)26-21(29)15-4-3-9-27(12-15)22(30)14-7-8-18(23)19(24)10-14/h2,5-8,10-11,15H,3-4,9,12-13H2,1H3,(H,25,28)(H,26,29). The van der Waals surface area contributed by atoms with Crippen molar-refractivity contribution >= 4 is 46.6 Å². The largest absolute Gasteiger partial charge is 0.484 e. The van der Waals surface area contributed by atoms with E-state index in [1.165, 1.54) is 7.05 Å². The number of hydrogen-bond donors (Lipinski definition) is 2. The summed E-state index contributed by atoms with van der Waals surface area (Å²) in [5.41, 5.74) is 1.00. The number of benzene rings is 2. The molecule has 0 saturated carbocycles. The molecule has 164 valence electrons. The highest BCUT2D eigenvalue weighted by Crippen LogP contribution is 2.26. The van der Waals surface area contributed by atoms with Crippen molar-refractivity contribution in [1.82, 2.24) is 10.2 Å². The quantitative estimate of drug-likeness (QED) is 0.684. The molecular formula is C22H23Cl2N3O4. The van der Waals surface area contributed by atoms with E-state index in [4.69, 9.17) is 27.9 Å². The molecule has 2 aromatic carbocycles. The third-order valence-corrected chi connectivity index (χ3v) is 5.74. The predicted octanol–water partition coefficient (Wildman–Crippen LogP) is 3.61. The molecule has 1 aliphatic rings. The molecule has 0 aliphatic carbocycles. The molecule has 0 aromatic heterocycles. The van der Waals surface area contributed by atoms with Gasteiger partial charge in [-0.2, -0.15) is 0 Å². The number of carbonyl (C=O) groups is 3. The first-order valence-corrected chi connectivity index (χ1v) is 10.6. The fourth-order valence-electron chi connectivity index (χ4n) is 3.32. The van der Waals surface area contributed by atoms with Crippen LogP contribution in [0.15, 0.2) is 42.5 Å². The lowest BCUT2D eigenvalue weighted by Crippen LogP contribution is -2.43. The zero-order valence-electron chi connectivity index (χ0n) is 17.0. The first kappa shape index (κ1) is 22.9. The van der Waals surface area contributed by atoms with Gasteiger partial charge in [-0.05, 0) is 43.2 Å². The monoisotopic (exact) mass is 463 g/mol. The van der Waals surface area contributed by atoms with Crippen molar-refractivity contribution in [3.63, 3.8) is 0 Å². The van der Waals surface area contributed by atoms with Gasteiger partial charge in [-0.3, -0.25) is 14.4 Å². The van der Waals surface area contributed by atoms with Gasteiger partial charge in [-0.1, -0.05) is 29.3 Å². The van der Waals surface area contributed by atoms with Crippen LogP contribution in [0.3, 0.4) is 0 Å². The van der Waals surface area contributed by atoms with Crippen LogP contribution < -0.4 is 15.4 Å². The van der Waals surface area contributed by atoms with Crippen molar-refractivity contribution in [2.24, 2.45) is 5.92 Å². The number of nitrogens with zero attached hydrogens (tertiary/aromatic N) is 1. The molecule has 0 spiro atoms. The first-order chi connectivity index (χ1) is 14.9. The molecule has 2 N–H and O–H groups in total. The molecule has 3 rings (SSSR count). The Morgan fingerprint density at radius 1 is 1.13 bits per heavy atom. The van der Waals surface area contributed by atoms with Crippen LogP contribution in [0, 0.1) is 5.92 Å². The Morgan fingerprint density at radius 2 is 1.94 bits per heavy atom. The van der Waals surface area contributed by atoms with Crippen LogP contribution in [-0.2, 0) is 9.59 Å². The number of halogens is 2. The summed E-state index contributed by atoms with van der Waals surface area (Å²) >= 11 is 12.0. The van der Waals surface area contributed by atoms with Crippen LogP contribution in [0.1, 0.15) is 23.2 Å². The van der Waals surface area contributed by atoms with Crippen molar-refractivity contribution in [1.29, 1.82) is 0 Å². The van der Waals surface area contributed by atoms with E-state index >= 15 is 0 Å². The highest BCUT2D eigenvalue weighted by molar-refractivity contribution is 6.42. The maximum absolute atomic E-state index is 12.8. The second-order valence-electron chi connectivity index (χ2n) is 7.20. The molecule has 3 amide bonds. The summed E-state index contributed by atoms with van der Waals surface area (Å²) in [5.74, 6) is -0.462. The fraction of sp³-hybridized carbons (Fsp3) is 0.318. The van der Waals surface area contributed by atoms with Gasteiger partial charge in [0.15, 0.2) is 6.61 Å². The number of ether oxygens (including phenoxy) is 1. The van der Waals surface area contributed by atoms with Crippen LogP contribution in [0.5, 0.6) is 5.75 Å². The number of rotatable bonds is 6. The smallest absolute Gasteiger partial charge is 0.257 e. The van der Waals surface area contributed by atoms with Crippen LogP contribution in [0.2, 0.25) is 10.0 Å². The van der Waals surface area contributed by atoms with E-state index in [-0.39, 0.29) is 30.2 Å². The SMILES string of the molecule is CNC(=O)COc1cccc(NC(=O)C2CCCN(C(=O)c3ccc(Cl)c(Cl)c3)C2)c1. The summed E-state index contributed by atoms with van der Waals surface area (Å²) < 4.78 is 5.41. The second-order valence-corrected chi connectivity index (χ2v) is 8.01. The van der Waals surface area contributed by atoms with Crippen molar-refractivity contribution in [3.05, 3.63) is 58.1 Å². The van der Waals surface area contributed by atoms with Gasteiger partial charge < -0.3 is 20.3 Å². The Balaban J connectivity index is 1.61. The highest BCUT2D eigenvalue weighted by atomic mass is 35.5. The number of likely N-dealkylation sites (N-methyl/N-ethyl adjacent to an activating group) is 1. The average molecular weight is 464 g/mol. The van der Waals surface area contributed by atoms with Gasteiger partial charge in [0, 0.05) is 37.5 Å². The van der Waals surface area contributed by atoms with Crippen molar-refractivity contribution in [2.75, 3.05) is 32.1 Å². The molecule has 9 heteroatoms. The van der Waals surface area contributed by atoms with Gasteiger partial charge in [-0.15, -0.1) is 0 Å². The summed E-state index contributed by atoms with van der Waals surface area (Å²) in [6.45, 7) is 0.783. The Hall–Kier alpha value is -2.77. The zero-order valence-corrected chi connectivity index (χ0v) is 18.5. The van der Waals surface area contributed by atoms with E-state index in [1.54, 1.807) is 47.4 Å². The molecular weight excluding hydrogens is 441 g/mol. The summed E-state index contributed by atoms with van der Waals surface area (Å²) in [4.78, 5) is 38.6. The van der Waals surface area contributed by atoms with Crippen molar-refractivity contribution < 1.29 is 19.1 Å². The molecule has 1 saturated heterocycles. The minimum atomic E-state index is -0.337. The van der Waals surface area contributed by atoms with Crippen LogP contribution in [0.25, 0.3) is 0 Å². The Labute approximate surface area is 190 Å². The third kappa shape index (κ3) is 6.12. The predicted molar refractivity (Wildman–Crippen MR) is 120 cm³/mol. The maximum Gasteiger partial charge on any atom is 0.257 e. The summed E-state index contributed by atoms with van der Waals surface area (Å²) in [5, 5.41) is 6.05. The Bertz CT molecular complexity index is 983. The topological polar surface area (TPSA) is 87.7 Å². The summed E-state index contributed by atoms with van der Waals surface area (Å²) in [7, 11) is 1.53. The third-order valence-electron chi connectivity index (χ3n) is 5.00. The van der Waals surface area contributed by atoms with Gasteiger partial charge >= 0.3 is 0 Å². The molecule has 1 atom stereocenters. The number of nitrogens with one attached hydrogen (secondary N) is 2. The lowest BCUT2D eigenvalue weighted by atomic mass is 9.96. The van der Waals surface area contributed by atoms with E-state index in [9.17, 15) is 14.4 Å². The maximum atomic E-state index is 12.8. The van der Waals surface area contributed by atoms with Gasteiger partial charge in [0.05, 0.1) is 16.0 Å². The van der Waals surface area contributed by atoms with Gasteiger partial charge in [0.1, 0.15) is 5.75 Å². The number of likely N-dealkylation sites (tertiary alicyclic amines) is 1. The number of carbonyl (C=O) groups excluding carboxylic acids is 3. The summed E-state index contributed by atoms with van der Waals surface area (Å²) in [6, 6.07) is 11.6. The minimum Gasteiger partial charge on any atom is -0.484 e. The number of hydrogen-bond acceptors (Lipinski definition) is 4. The van der Waals surface area contributed by atoms with Gasteiger partial charge in [0.2, 0.25) is 5.91 Å². The number of piperidine rings is 1. The zero-order chi connectivity index (χ0) is 22.4. The summed E-state index contributed by atoms with van der Waals surface area (Å²) in [6.07, 6.45) is 1.41. The lowest BCUT2D eigenvalue weighted by Gasteiger charge is -2.32. The molecule has 0 radical (unpaired) electrons. The fourth-order valence-corrected chi connectivity index (χ4v) is 3.61. The molecule has 31 heavy (non-hydrogen) atoms. The molecule has 0 bridgehead atoms. The van der Waals surface area contributed by atoms with E-state index in [1.807, 2.05) is 0 Å². The normalized spacial score (nSPS) is 15.8. The first-order valence-electron chi connectivity index (χ1n) is 9.86. The van der Waals surface area contributed by atoms with E-state index in [0.29, 0.717) is 46.6 Å². The highest BCUT2D eigenvalue weighted by Gasteiger charge is 2.29. The van der Waals surface area contributed by atoms with Crippen molar-refractivity contribution in [2.45, 2.75) is 12.8 Å². The van der Waals surface area contributed by atoms with E-state index in [2.05, 4.69) is 10.6 Å². The van der Waals surface area contributed by atoms with Crippen molar-refractivity contribution in [3.8, 4) is 5.75 Å². The van der Waals surface area contributed by atoms with Crippen LogP contribution >= 0.6 is 23.2 Å². The van der Waals surface area contributed by atoms with Crippen LogP contribution in [-0.4, -0.2) is 49.4 Å². The van der Waals surface area contributed by atoms with Crippen LogP contribution in [0.4, 0.5) is 5.69 Å². The average Bonchev–Trinajstić information content (AvgIpc) is 2.79. The molecule has 7 nitrogen and oxygen atoms in total. The van der Waals surface area contributed by atoms with Gasteiger partial charge in [0.25, 0.3) is 11.8 Å². The lowest BCUT2D eigenvalue weighted by molar-refractivity contribution is -0.123. The second kappa shape index (κ2) is 10.5. The molecule has 1 fully saturated rings. The molecule has 1 aliphatic heterocycles. The molecule has 1 heterocycles. The molecule has 2 aromatic rings. The Kier molecular flexibility index (Phi) is 7.76. The Morgan fingerprint density at radius 3 is 2.68 bits per heavy atom. The number of anilines is 1. The van der Waals surface area contributed by atoms with Gasteiger partial charge in [-0.25, -0.2) is 0 Å². The van der Waals surface area contributed by atoms with E-state index in [0.717, 1.165) is 6.42 Å². The molecule has 1 unspecified atom stereocenters. The minimum absolute atomic E-state index is 0.109. The van der Waals surface area contributed by atoms with E-state index < -0.39 is 0 Å².